The minimum Gasteiger partial charge on any atom is -0.497 e. The number of nitrogens with two attached hydrogens (primary N) is 1. The number of hydrogen-bond donors (Lipinski definition) is 2. The summed E-state index contributed by atoms with van der Waals surface area (Å²) < 4.78 is 5.16. The van der Waals surface area contributed by atoms with E-state index in [1.54, 1.807) is 18.4 Å². The van der Waals surface area contributed by atoms with Crippen molar-refractivity contribution in [2.45, 2.75) is 46.5 Å². The Morgan fingerprint density at radius 3 is 2.65 bits per heavy atom. The molecule has 0 saturated carbocycles. The third-order valence-corrected chi connectivity index (χ3v) is 6.97. The van der Waals surface area contributed by atoms with Crippen molar-refractivity contribution in [2.75, 3.05) is 18.2 Å². The molecule has 0 saturated heterocycles. The van der Waals surface area contributed by atoms with Crippen LogP contribution in [0.3, 0.4) is 0 Å². The van der Waals surface area contributed by atoms with E-state index in [-0.39, 0.29) is 5.91 Å². The second-order valence-electron chi connectivity index (χ2n) is 7.71. The summed E-state index contributed by atoms with van der Waals surface area (Å²) in [5.74, 6) is 1.30. The number of amides is 1. The number of methoxy groups -OCH3 is 1. The van der Waals surface area contributed by atoms with Gasteiger partial charge in [-0.05, 0) is 60.4 Å². The number of benzene rings is 1. The van der Waals surface area contributed by atoms with Gasteiger partial charge in [0, 0.05) is 10.6 Å². The molecule has 3 rings (SSSR count). The highest BCUT2D eigenvalue weighted by atomic mass is 32.1. The van der Waals surface area contributed by atoms with Gasteiger partial charge in [0.05, 0.1) is 17.7 Å². The van der Waals surface area contributed by atoms with E-state index in [0.29, 0.717) is 21.9 Å². The highest BCUT2D eigenvalue weighted by Gasteiger charge is 2.34. The van der Waals surface area contributed by atoms with E-state index in [2.05, 4.69) is 26.1 Å². The van der Waals surface area contributed by atoms with Crippen LogP contribution in [0.25, 0.3) is 0 Å². The number of anilines is 2. The van der Waals surface area contributed by atoms with Crippen molar-refractivity contribution in [3.8, 4) is 5.75 Å². The van der Waals surface area contributed by atoms with Crippen molar-refractivity contribution in [1.82, 2.24) is 0 Å². The molecule has 1 aliphatic rings. The van der Waals surface area contributed by atoms with Crippen LogP contribution < -0.4 is 15.8 Å². The smallest absolute Gasteiger partial charge is 0.258 e. The molecule has 4 nitrogen and oxygen atoms in total. The van der Waals surface area contributed by atoms with Gasteiger partial charge >= 0.3 is 0 Å². The second kappa shape index (κ2) is 7.31. The van der Waals surface area contributed by atoms with Crippen molar-refractivity contribution < 1.29 is 9.53 Å². The first-order valence-corrected chi connectivity index (χ1v) is 10.0. The third-order valence-electron chi connectivity index (χ3n) is 5.88. The van der Waals surface area contributed by atoms with Crippen LogP contribution in [-0.4, -0.2) is 13.0 Å². The molecular formula is C21H28N2O2S. The molecule has 1 amide bonds. The van der Waals surface area contributed by atoms with Gasteiger partial charge in [-0.1, -0.05) is 27.2 Å². The molecular weight excluding hydrogens is 344 g/mol. The van der Waals surface area contributed by atoms with Crippen LogP contribution in [0.15, 0.2) is 24.3 Å². The Bertz CT molecular complexity index is 793. The lowest BCUT2D eigenvalue weighted by Gasteiger charge is -2.36. The molecule has 1 aromatic heterocycles. The van der Waals surface area contributed by atoms with Gasteiger partial charge in [0.15, 0.2) is 0 Å². The Balaban J connectivity index is 1.80. The molecule has 0 fully saturated rings. The summed E-state index contributed by atoms with van der Waals surface area (Å²) in [7, 11) is 1.62. The topological polar surface area (TPSA) is 64.4 Å². The van der Waals surface area contributed by atoms with Crippen molar-refractivity contribution in [1.29, 1.82) is 0 Å². The molecule has 0 aliphatic heterocycles. The number of carbonyl (C=O) groups is 1. The summed E-state index contributed by atoms with van der Waals surface area (Å²) in [4.78, 5) is 14.1. The number of hydrogen-bond acceptors (Lipinski definition) is 4. The Morgan fingerprint density at radius 2 is 2.04 bits per heavy atom. The molecule has 0 unspecified atom stereocenters. The van der Waals surface area contributed by atoms with Gasteiger partial charge in [0.2, 0.25) is 0 Å². The largest absolute Gasteiger partial charge is 0.497 e. The zero-order valence-corrected chi connectivity index (χ0v) is 16.8. The fourth-order valence-corrected chi connectivity index (χ4v) is 4.88. The number of rotatable bonds is 5. The Kier molecular flexibility index (Phi) is 5.28. The standard InChI is InChI=1S/C21H28N2O2S/c1-5-21(2,3)13-6-11-16-17(12-13)26-19(22)18(16)20(24)23-14-7-9-15(25-4)10-8-14/h7-10,13H,5-6,11-12,22H2,1-4H3,(H,23,24)/t13-/m1/s1. The molecule has 2 aromatic rings. The highest BCUT2D eigenvalue weighted by Crippen LogP contribution is 2.44. The molecule has 1 atom stereocenters. The normalized spacial score (nSPS) is 16.8. The maximum Gasteiger partial charge on any atom is 0.258 e. The fraction of sp³-hybridized carbons (Fsp3) is 0.476. The number of thiophene rings is 1. The molecule has 0 spiro atoms. The lowest BCUT2D eigenvalue weighted by atomic mass is 9.69. The first kappa shape index (κ1) is 18.8. The van der Waals surface area contributed by atoms with Crippen LogP contribution in [0.5, 0.6) is 5.75 Å². The zero-order chi connectivity index (χ0) is 18.9. The molecule has 140 valence electrons. The van der Waals surface area contributed by atoms with E-state index >= 15 is 0 Å². The van der Waals surface area contributed by atoms with E-state index in [4.69, 9.17) is 10.5 Å². The molecule has 3 N–H and O–H groups in total. The van der Waals surface area contributed by atoms with Crippen LogP contribution in [-0.2, 0) is 12.8 Å². The molecule has 0 bridgehead atoms. The number of fused-ring (bicyclic) bond motifs is 1. The predicted octanol–water partition coefficient (Wildman–Crippen LogP) is 5.13. The van der Waals surface area contributed by atoms with Crippen LogP contribution >= 0.6 is 11.3 Å². The van der Waals surface area contributed by atoms with Crippen LogP contribution in [0.2, 0.25) is 0 Å². The fourth-order valence-electron chi connectivity index (χ4n) is 3.68. The Morgan fingerprint density at radius 1 is 1.35 bits per heavy atom. The van der Waals surface area contributed by atoms with Gasteiger partial charge in [-0.25, -0.2) is 0 Å². The number of nitrogen functional groups attached to an aromatic ring is 1. The first-order valence-electron chi connectivity index (χ1n) is 9.21. The predicted molar refractivity (Wildman–Crippen MR) is 109 cm³/mol. The van der Waals surface area contributed by atoms with Crippen LogP contribution in [0.1, 0.15) is 54.4 Å². The monoisotopic (exact) mass is 372 g/mol. The summed E-state index contributed by atoms with van der Waals surface area (Å²) >= 11 is 1.59. The second-order valence-corrected chi connectivity index (χ2v) is 8.84. The van der Waals surface area contributed by atoms with Gasteiger partial charge in [-0.3, -0.25) is 4.79 Å². The van der Waals surface area contributed by atoms with Gasteiger partial charge in [0.1, 0.15) is 5.75 Å². The van der Waals surface area contributed by atoms with Gasteiger partial charge in [-0.15, -0.1) is 11.3 Å². The number of nitrogens with one attached hydrogen (secondary N) is 1. The van der Waals surface area contributed by atoms with Crippen LogP contribution in [0.4, 0.5) is 10.7 Å². The molecule has 0 radical (unpaired) electrons. The maximum atomic E-state index is 12.8. The Hall–Kier alpha value is -2.01. The first-order chi connectivity index (χ1) is 12.4. The quantitative estimate of drug-likeness (QED) is 0.764. The highest BCUT2D eigenvalue weighted by molar-refractivity contribution is 7.16. The minimum absolute atomic E-state index is 0.113. The number of carbonyl (C=O) groups excluding carboxylic acids is 1. The van der Waals surface area contributed by atoms with Gasteiger partial charge < -0.3 is 15.8 Å². The lowest BCUT2D eigenvalue weighted by Crippen LogP contribution is -2.29. The summed E-state index contributed by atoms with van der Waals surface area (Å²) in [6, 6.07) is 7.34. The Labute approximate surface area is 159 Å². The number of ether oxygens (including phenoxy) is 1. The van der Waals surface area contributed by atoms with Crippen molar-refractivity contribution in [3.05, 3.63) is 40.3 Å². The molecule has 1 aliphatic carbocycles. The van der Waals surface area contributed by atoms with Crippen molar-refractivity contribution >= 4 is 27.9 Å². The van der Waals surface area contributed by atoms with E-state index < -0.39 is 0 Å². The molecule has 26 heavy (non-hydrogen) atoms. The third kappa shape index (κ3) is 3.58. The summed E-state index contributed by atoms with van der Waals surface area (Å²) in [5.41, 5.74) is 9.14. The van der Waals surface area contributed by atoms with Crippen LogP contribution in [0, 0.1) is 11.3 Å². The molecule has 5 heteroatoms. The summed E-state index contributed by atoms with van der Waals surface area (Å²) in [6.07, 6.45) is 4.24. The van der Waals surface area contributed by atoms with Crippen molar-refractivity contribution in [3.63, 3.8) is 0 Å². The molecule has 1 aromatic carbocycles. The van der Waals surface area contributed by atoms with E-state index in [0.717, 1.165) is 36.3 Å². The van der Waals surface area contributed by atoms with Gasteiger partial charge in [0.25, 0.3) is 5.91 Å². The van der Waals surface area contributed by atoms with E-state index in [9.17, 15) is 4.79 Å². The van der Waals surface area contributed by atoms with E-state index in [1.807, 2.05) is 24.3 Å². The summed E-state index contributed by atoms with van der Waals surface area (Å²) in [6.45, 7) is 6.94. The average Bonchev–Trinajstić information content (AvgIpc) is 2.97. The maximum absolute atomic E-state index is 12.8. The molecule has 1 heterocycles. The summed E-state index contributed by atoms with van der Waals surface area (Å²) in [5, 5.41) is 3.61. The van der Waals surface area contributed by atoms with Gasteiger partial charge in [-0.2, -0.15) is 0 Å². The van der Waals surface area contributed by atoms with E-state index in [1.165, 1.54) is 11.3 Å². The average molecular weight is 373 g/mol. The minimum atomic E-state index is -0.113. The zero-order valence-electron chi connectivity index (χ0n) is 16.0. The lowest BCUT2D eigenvalue weighted by molar-refractivity contribution is 0.102. The SMILES string of the molecule is CCC(C)(C)[C@@H]1CCc2c(sc(N)c2C(=O)Nc2ccc(OC)cc2)C1. The van der Waals surface area contributed by atoms with Crippen molar-refractivity contribution in [2.24, 2.45) is 11.3 Å².